The van der Waals surface area contributed by atoms with Crippen LogP contribution in [-0.4, -0.2) is 33.0 Å². The third-order valence-corrected chi connectivity index (χ3v) is 3.45. The van der Waals surface area contributed by atoms with E-state index in [-0.39, 0.29) is 17.9 Å². The molecule has 0 saturated carbocycles. The second-order valence-corrected chi connectivity index (χ2v) is 4.85. The minimum atomic E-state index is -1.04. The van der Waals surface area contributed by atoms with Gasteiger partial charge in [-0.3, -0.25) is 20.2 Å². The molecule has 9 heteroatoms. The molecule has 1 heterocycles. The topological polar surface area (TPSA) is 136 Å². The van der Waals surface area contributed by atoms with E-state index in [1.807, 2.05) is 0 Å². The molecule has 0 spiro atoms. The molecular weight excluding hydrogens is 284 g/mol. The smallest absolute Gasteiger partial charge is 0.317 e. The van der Waals surface area contributed by atoms with Crippen LogP contribution in [0.1, 0.15) is 18.4 Å². The molecule has 21 heavy (non-hydrogen) atoms. The number of aliphatic hydroxyl groups is 1. The van der Waals surface area contributed by atoms with Gasteiger partial charge in [0.05, 0.1) is 15.9 Å². The van der Waals surface area contributed by atoms with E-state index in [9.17, 15) is 30.4 Å². The summed E-state index contributed by atoms with van der Waals surface area (Å²) >= 11 is 0. The van der Waals surface area contributed by atoms with E-state index < -0.39 is 33.3 Å². The Balaban J connectivity index is 2.37. The molecule has 2 N–H and O–H groups in total. The van der Waals surface area contributed by atoms with Crippen LogP contribution in [0.4, 0.5) is 11.4 Å². The van der Waals surface area contributed by atoms with Gasteiger partial charge in [0.1, 0.15) is 0 Å². The predicted octanol–water partition coefficient (Wildman–Crippen LogP) is 1.50. The summed E-state index contributed by atoms with van der Waals surface area (Å²) in [6.07, 6.45) is 0.336. The number of aromatic hydroxyl groups is 1. The summed E-state index contributed by atoms with van der Waals surface area (Å²) in [5, 5.41) is 41.3. The number of phenols is 1. The molecular formula is C12H14N2O7. The van der Waals surface area contributed by atoms with E-state index in [1.54, 1.807) is 0 Å². The molecule has 114 valence electrons. The first-order valence-corrected chi connectivity index (χ1v) is 6.34. The Morgan fingerprint density at radius 3 is 2.57 bits per heavy atom. The van der Waals surface area contributed by atoms with Crippen molar-refractivity contribution in [1.82, 2.24) is 0 Å². The van der Waals surface area contributed by atoms with Crippen LogP contribution in [0.2, 0.25) is 0 Å². The lowest BCUT2D eigenvalue weighted by molar-refractivity contribution is -0.394. The Morgan fingerprint density at radius 1 is 1.29 bits per heavy atom. The van der Waals surface area contributed by atoms with Gasteiger partial charge in [-0.25, -0.2) is 0 Å². The average Bonchev–Trinajstić information content (AvgIpc) is 2.42. The second kappa shape index (κ2) is 6.02. The van der Waals surface area contributed by atoms with Crippen molar-refractivity contribution in [1.29, 1.82) is 0 Å². The molecule has 1 aliphatic heterocycles. The van der Waals surface area contributed by atoms with Gasteiger partial charge in [0.2, 0.25) is 0 Å². The maximum absolute atomic E-state index is 10.9. The number of ether oxygens (including phenoxy) is 1. The Hall–Kier alpha value is -2.26. The van der Waals surface area contributed by atoms with E-state index >= 15 is 0 Å². The van der Waals surface area contributed by atoms with Gasteiger partial charge >= 0.3 is 5.69 Å². The second-order valence-electron chi connectivity index (χ2n) is 4.85. The van der Waals surface area contributed by atoms with Gasteiger partial charge in [-0.2, -0.15) is 0 Å². The van der Waals surface area contributed by atoms with Crippen molar-refractivity contribution in [3.63, 3.8) is 0 Å². The van der Waals surface area contributed by atoms with Crippen LogP contribution < -0.4 is 0 Å². The summed E-state index contributed by atoms with van der Waals surface area (Å²) in [6.45, 7) is 0.415. The predicted molar refractivity (Wildman–Crippen MR) is 69.8 cm³/mol. The highest BCUT2D eigenvalue weighted by Crippen LogP contribution is 2.37. The third kappa shape index (κ3) is 3.26. The van der Waals surface area contributed by atoms with Crippen LogP contribution in [0.25, 0.3) is 0 Å². The molecule has 1 aromatic rings. The van der Waals surface area contributed by atoms with Crippen molar-refractivity contribution in [3.8, 4) is 5.75 Å². The molecule has 0 amide bonds. The first-order chi connectivity index (χ1) is 9.90. The Bertz CT molecular complexity index is 575. The number of nitro groups is 2. The number of hydrogen-bond donors (Lipinski definition) is 2. The fraction of sp³-hybridized carbons (Fsp3) is 0.500. The number of nitro benzene ring substituents is 2. The highest BCUT2D eigenvalue weighted by Gasteiger charge is 2.29. The lowest BCUT2D eigenvalue weighted by Crippen LogP contribution is -2.30. The number of phenolic OH excluding ortho intramolecular Hbond substituents is 1. The molecule has 0 aromatic heterocycles. The van der Waals surface area contributed by atoms with E-state index in [0.717, 1.165) is 6.07 Å². The molecule has 2 atom stereocenters. The van der Waals surface area contributed by atoms with Crippen molar-refractivity contribution in [2.24, 2.45) is 5.92 Å². The Morgan fingerprint density at radius 2 is 2.00 bits per heavy atom. The summed E-state index contributed by atoms with van der Waals surface area (Å²) in [4.78, 5) is 20.0. The molecule has 1 fully saturated rings. The third-order valence-electron chi connectivity index (χ3n) is 3.45. The van der Waals surface area contributed by atoms with Crippen LogP contribution in [-0.2, 0) is 11.2 Å². The van der Waals surface area contributed by atoms with Crippen LogP contribution in [0.5, 0.6) is 5.75 Å². The number of nitrogens with zero attached hydrogens (tertiary/aromatic N) is 2. The minimum Gasteiger partial charge on any atom is -0.502 e. The van der Waals surface area contributed by atoms with Gasteiger partial charge in [-0.1, -0.05) is 0 Å². The highest BCUT2D eigenvalue weighted by molar-refractivity contribution is 5.57. The van der Waals surface area contributed by atoms with E-state index in [4.69, 9.17) is 4.74 Å². The fourth-order valence-corrected chi connectivity index (χ4v) is 2.38. The van der Waals surface area contributed by atoms with Crippen molar-refractivity contribution >= 4 is 11.4 Å². The number of benzene rings is 1. The highest BCUT2D eigenvalue weighted by atomic mass is 16.6. The monoisotopic (exact) mass is 298 g/mol. The lowest BCUT2D eigenvalue weighted by atomic mass is 9.92. The molecule has 0 radical (unpaired) electrons. The quantitative estimate of drug-likeness (QED) is 0.634. The number of non-ortho nitro benzene ring substituents is 1. The largest absolute Gasteiger partial charge is 0.502 e. The van der Waals surface area contributed by atoms with Gasteiger partial charge in [0, 0.05) is 24.2 Å². The molecule has 0 aliphatic carbocycles. The summed E-state index contributed by atoms with van der Waals surface area (Å²) < 4.78 is 5.06. The first-order valence-electron chi connectivity index (χ1n) is 6.34. The zero-order valence-electron chi connectivity index (χ0n) is 11.0. The fourth-order valence-electron chi connectivity index (χ4n) is 2.38. The standard InChI is InChI=1S/C12H14N2O7/c15-11-8(4-7-2-1-3-21-12(7)16)5-9(13(17)18)6-10(11)14(19)20/h5-7,12,15-16H,1-4H2/t7-,12-/m1/s1. The van der Waals surface area contributed by atoms with Gasteiger partial charge in [0.15, 0.2) is 12.0 Å². The van der Waals surface area contributed by atoms with Crippen LogP contribution in [0, 0.1) is 26.1 Å². The number of hydrogen-bond acceptors (Lipinski definition) is 7. The first kappa shape index (κ1) is 15.1. The van der Waals surface area contributed by atoms with Crippen molar-refractivity contribution in [2.75, 3.05) is 6.61 Å². The zero-order chi connectivity index (χ0) is 15.6. The lowest BCUT2D eigenvalue weighted by Gasteiger charge is -2.27. The maximum atomic E-state index is 10.9. The maximum Gasteiger partial charge on any atom is 0.317 e. The van der Waals surface area contributed by atoms with Crippen LogP contribution >= 0.6 is 0 Å². The zero-order valence-corrected chi connectivity index (χ0v) is 11.0. The normalized spacial score (nSPS) is 22.0. The molecule has 1 saturated heterocycles. The number of aliphatic hydroxyl groups excluding tert-OH is 1. The Labute approximate surface area is 119 Å². The van der Waals surface area contributed by atoms with Crippen molar-refractivity contribution < 1.29 is 24.8 Å². The molecule has 0 bridgehead atoms. The van der Waals surface area contributed by atoms with E-state index in [2.05, 4.69) is 0 Å². The summed E-state index contributed by atoms with van der Waals surface area (Å²) in [7, 11) is 0. The molecule has 1 aromatic carbocycles. The minimum absolute atomic E-state index is 0.0606. The van der Waals surface area contributed by atoms with E-state index in [1.165, 1.54) is 0 Å². The van der Waals surface area contributed by atoms with Crippen molar-refractivity contribution in [2.45, 2.75) is 25.6 Å². The van der Waals surface area contributed by atoms with Crippen LogP contribution in [0.15, 0.2) is 12.1 Å². The van der Waals surface area contributed by atoms with Gasteiger partial charge < -0.3 is 14.9 Å². The molecule has 0 unspecified atom stereocenters. The molecule has 9 nitrogen and oxygen atoms in total. The summed E-state index contributed by atoms with van der Waals surface area (Å²) in [5.74, 6) is -0.977. The molecule has 1 aliphatic rings. The van der Waals surface area contributed by atoms with Gasteiger partial charge in [0.25, 0.3) is 5.69 Å². The van der Waals surface area contributed by atoms with E-state index in [0.29, 0.717) is 25.5 Å². The van der Waals surface area contributed by atoms with Gasteiger partial charge in [-0.15, -0.1) is 0 Å². The summed E-state index contributed by atoms with van der Waals surface area (Å²) in [6, 6.07) is 1.80. The Kier molecular flexibility index (Phi) is 4.34. The summed E-state index contributed by atoms with van der Waals surface area (Å²) in [5.41, 5.74) is -1.13. The van der Waals surface area contributed by atoms with Crippen molar-refractivity contribution in [3.05, 3.63) is 37.9 Å². The SMILES string of the molecule is O=[N+]([O-])c1cc(C[C@H]2CCCO[C@H]2O)c(O)c([N+](=O)[O-])c1. The molecule has 2 rings (SSSR count). The average molecular weight is 298 g/mol. The number of rotatable bonds is 4. The van der Waals surface area contributed by atoms with Gasteiger partial charge in [-0.05, 0) is 19.3 Å². The van der Waals surface area contributed by atoms with Crippen LogP contribution in [0.3, 0.4) is 0 Å².